The number of phenolic OH excluding ortho intramolecular Hbond substituents is 1. The van der Waals surface area contributed by atoms with Gasteiger partial charge in [0.2, 0.25) is 0 Å². The Labute approximate surface area is 179 Å². The van der Waals surface area contributed by atoms with Gasteiger partial charge in [-0.1, -0.05) is 19.1 Å². The second kappa shape index (κ2) is 7.47. The van der Waals surface area contributed by atoms with Crippen LogP contribution in [-0.2, 0) is 16.0 Å². The van der Waals surface area contributed by atoms with Crippen LogP contribution in [0.2, 0.25) is 0 Å². The molecule has 1 aromatic carbocycles. The Balaban J connectivity index is 1.33. The number of esters is 1. The molecule has 160 valence electrons. The van der Waals surface area contributed by atoms with Crippen molar-refractivity contribution in [1.29, 1.82) is 0 Å². The molecule has 0 bridgehead atoms. The van der Waals surface area contributed by atoms with Crippen LogP contribution >= 0.6 is 0 Å². The van der Waals surface area contributed by atoms with Gasteiger partial charge < -0.3 is 14.7 Å². The van der Waals surface area contributed by atoms with Gasteiger partial charge in [0, 0.05) is 24.6 Å². The fraction of sp³-hybridized carbons (Fsp3) is 0.577. The Bertz CT molecular complexity index is 904. The van der Waals surface area contributed by atoms with E-state index in [1.165, 1.54) is 17.5 Å². The Morgan fingerprint density at radius 3 is 2.97 bits per heavy atom. The summed E-state index contributed by atoms with van der Waals surface area (Å²) in [5.41, 5.74) is 3.64. The summed E-state index contributed by atoms with van der Waals surface area (Å²) in [5.74, 6) is 2.12. The third kappa shape index (κ3) is 3.16. The zero-order valence-corrected chi connectivity index (χ0v) is 18.1. The van der Waals surface area contributed by atoms with E-state index in [-0.39, 0.29) is 17.5 Å². The molecule has 2 saturated carbocycles. The number of benzene rings is 1. The van der Waals surface area contributed by atoms with E-state index >= 15 is 0 Å². The number of carbonyl (C=O) groups is 1. The van der Waals surface area contributed by atoms with E-state index in [1.807, 2.05) is 35.5 Å². The molecule has 4 nitrogen and oxygen atoms in total. The molecule has 5 atom stereocenters. The van der Waals surface area contributed by atoms with Crippen LogP contribution in [0.3, 0.4) is 0 Å². The summed E-state index contributed by atoms with van der Waals surface area (Å²) in [6, 6.07) is 5.96. The Kier molecular flexibility index (Phi) is 4.91. The van der Waals surface area contributed by atoms with Crippen molar-refractivity contribution >= 4 is 5.97 Å². The highest BCUT2D eigenvalue weighted by Crippen LogP contribution is 2.61. The second-order valence-corrected chi connectivity index (χ2v) is 9.89. The van der Waals surface area contributed by atoms with Gasteiger partial charge >= 0.3 is 5.97 Å². The zero-order valence-electron chi connectivity index (χ0n) is 18.1. The quantitative estimate of drug-likeness (QED) is 0.692. The number of nitrogens with zero attached hydrogens (tertiary/aromatic N) is 1. The molecule has 1 aromatic rings. The van der Waals surface area contributed by atoms with E-state index in [9.17, 15) is 9.90 Å². The first-order chi connectivity index (χ1) is 14.5. The highest BCUT2D eigenvalue weighted by Gasteiger charge is 2.56. The number of hydrogen-bond acceptors (Lipinski definition) is 4. The number of rotatable bonds is 3. The highest BCUT2D eigenvalue weighted by molar-refractivity contribution is 5.89. The predicted molar refractivity (Wildman–Crippen MR) is 117 cm³/mol. The maximum absolute atomic E-state index is 12.9. The van der Waals surface area contributed by atoms with Crippen LogP contribution in [0.15, 0.2) is 42.2 Å². The van der Waals surface area contributed by atoms with Crippen molar-refractivity contribution in [2.45, 2.75) is 70.8 Å². The van der Waals surface area contributed by atoms with Crippen molar-refractivity contribution in [2.24, 2.45) is 17.3 Å². The Morgan fingerprint density at radius 2 is 2.13 bits per heavy atom. The lowest BCUT2D eigenvalue weighted by Crippen LogP contribution is -2.45. The number of allylic oxidation sites excluding steroid dienone is 1. The number of phenols is 1. The number of hydrogen-bond donors (Lipinski definition) is 1. The van der Waals surface area contributed by atoms with Crippen LogP contribution in [0.25, 0.3) is 0 Å². The maximum atomic E-state index is 12.9. The fourth-order valence-electron chi connectivity index (χ4n) is 6.86. The third-order valence-corrected chi connectivity index (χ3v) is 8.46. The van der Waals surface area contributed by atoms with E-state index in [4.69, 9.17) is 4.74 Å². The van der Waals surface area contributed by atoms with Crippen molar-refractivity contribution in [2.75, 3.05) is 6.54 Å². The molecular weight excluding hydrogens is 374 g/mol. The van der Waals surface area contributed by atoms with E-state index in [0.29, 0.717) is 29.9 Å². The molecule has 4 aliphatic rings. The highest BCUT2D eigenvalue weighted by atomic mass is 16.5. The van der Waals surface area contributed by atoms with Gasteiger partial charge in [0.1, 0.15) is 11.9 Å². The molecule has 0 radical (unpaired) electrons. The molecule has 1 heterocycles. The minimum atomic E-state index is -0.128. The average molecular weight is 408 g/mol. The SMILES string of the molecule is CCN1C=CCC(C(=O)O[C@@H]2CC[C@H]3[C@@H]4CCc5cc(O)ccc5[C@H]4CC[C@]23C)=C1. The molecule has 0 amide bonds. The average Bonchev–Trinajstić information content (AvgIpc) is 3.09. The first-order valence-corrected chi connectivity index (χ1v) is 11.7. The fourth-order valence-corrected chi connectivity index (χ4v) is 6.86. The number of fused-ring (bicyclic) bond motifs is 5. The van der Waals surface area contributed by atoms with Crippen molar-refractivity contribution in [3.05, 3.63) is 53.4 Å². The molecule has 1 aliphatic heterocycles. The minimum Gasteiger partial charge on any atom is -0.508 e. The first kappa shape index (κ1) is 19.7. The van der Waals surface area contributed by atoms with Gasteiger partial charge in [-0.15, -0.1) is 0 Å². The van der Waals surface area contributed by atoms with E-state index in [1.54, 1.807) is 0 Å². The molecule has 0 saturated heterocycles. The molecule has 0 unspecified atom stereocenters. The molecular formula is C26H33NO3. The monoisotopic (exact) mass is 407 g/mol. The Hall–Kier alpha value is -2.23. The standard InChI is InChI=1S/C26H33NO3/c1-3-27-14-4-5-18(16-27)25(29)30-24-11-10-23-22-8-6-17-15-19(28)7-9-20(17)21(22)12-13-26(23,24)2/h4,7,9,14-16,21-24,28H,3,5-6,8,10-13H2,1-2H3/t21-,22-,23+,24-,26+/m1/s1. The van der Waals surface area contributed by atoms with Crippen molar-refractivity contribution in [3.63, 3.8) is 0 Å². The van der Waals surface area contributed by atoms with Crippen LogP contribution in [0, 0.1) is 17.3 Å². The van der Waals surface area contributed by atoms with E-state index in [0.717, 1.165) is 44.2 Å². The number of aryl methyl sites for hydroxylation is 1. The van der Waals surface area contributed by atoms with Crippen LogP contribution in [-0.4, -0.2) is 28.6 Å². The molecule has 5 rings (SSSR count). The summed E-state index contributed by atoms with van der Waals surface area (Å²) < 4.78 is 6.18. The summed E-state index contributed by atoms with van der Waals surface area (Å²) in [6.07, 6.45) is 13.3. The van der Waals surface area contributed by atoms with Gasteiger partial charge in [-0.2, -0.15) is 0 Å². The second-order valence-electron chi connectivity index (χ2n) is 9.89. The van der Waals surface area contributed by atoms with Crippen molar-refractivity contribution in [1.82, 2.24) is 4.90 Å². The summed E-state index contributed by atoms with van der Waals surface area (Å²) in [7, 11) is 0. The van der Waals surface area contributed by atoms with Gasteiger partial charge in [0.15, 0.2) is 0 Å². The molecule has 0 aromatic heterocycles. The normalized spacial score (nSPS) is 34.6. The molecule has 4 heteroatoms. The smallest absolute Gasteiger partial charge is 0.336 e. The first-order valence-electron chi connectivity index (χ1n) is 11.7. The molecule has 30 heavy (non-hydrogen) atoms. The summed E-state index contributed by atoms with van der Waals surface area (Å²) >= 11 is 0. The molecule has 0 spiro atoms. The third-order valence-electron chi connectivity index (χ3n) is 8.46. The summed E-state index contributed by atoms with van der Waals surface area (Å²) in [6.45, 7) is 5.32. The maximum Gasteiger partial charge on any atom is 0.336 e. The lowest BCUT2D eigenvalue weighted by molar-refractivity contribution is -0.153. The Morgan fingerprint density at radius 1 is 1.27 bits per heavy atom. The van der Waals surface area contributed by atoms with Gasteiger partial charge in [-0.05, 0) is 92.7 Å². The topological polar surface area (TPSA) is 49.8 Å². The van der Waals surface area contributed by atoms with Gasteiger partial charge in [-0.3, -0.25) is 0 Å². The van der Waals surface area contributed by atoms with Crippen molar-refractivity contribution in [3.8, 4) is 5.75 Å². The molecule has 3 aliphatic carbocycles. The van der Waals surface area contributed by atoms with E-state index in [2.05, 4.69) is 19.9 Å². The number of ether oxygens (including phenoxy) is 1. The number of carbonyl (C=O) groups excluding carboxylic acids is 1. The molecule has 1 N–H and O–H groups in total. The predicted octanol–water partition coefficient (Wildman–Crippen LogP) is 5.28. The van der Waals surface area contributed by atoms with Gasteiger partial charge in [-0.25, -0.2) is 4.79 Å². The lowest BCUT2D eigenvalue weighted by atomic mass is 9.55. The molecule has 2 fully saturated rings. The number of aromatic hydroxyl groups is 1. The minimum absolute atomic E-state index is 0.0269. The zero-order chi connectivity index (χ0) is 20.9. The summed E-state index contributed by atoms with van der Waals surface area (Å²) in [5, 5.41) is 9.87. The van der Waals surface area contributed by atoms with Gasteiger partial charge in [0.25, 0.3) is 0 Å². The summed E-state index contributed by atoms with van der Waals surface area (Å²) in [4.78, 5) is 15.0. The van der Waals surface area contributed by atoms with Gasteiger partial charge in [0.05, 0.1) is 5.57 Å². The van der Waals surface area contributed by atoms with Crippen LogP contribution in [0.1, 0.15) is 69.4 Å². The van der Waals surface area contributed by atoms with Crippen LogP contribution < -0.4 is 0 Å². The lowest BCUT2D eigenvalue weighted by Gasteiger charge is -2.50. The largest absolute Gasteiger partial charge is 0.508 e. The van der Waals surface area contributed by atoms with Crippen molar-refractivity contribution < 1.29 is 14.6 Å². The van der Waals surface area contributed by atoms with E-state index < -0.39 is 0 Å². The van der Waals surface area contributed by atoms with Crippen LogP contribution in [0.4, 0.5) is 0 Å². The van der Waals surface area contributed by atoms with Crippen LogP contribution in [0.5, 0.6) is 5.75 Å².